The molecule has 0 aliphatic carbocycles. The Morgan fingerprint density at radius 1 is 1.39 bits per heavy atom. The number of aromatic nitrogens is 2. The molecule has 0 radical (unpaired) electrons. The molecule has 2 aromatic heterocycles. The maximum Gasteiger partial charge on any atom is 0.271 e. The van der Waals surface area contributed by atoms with Crippen LogP contribution < -0.4 is 5.32 Å². The average Bonchev–Trinajstić information content (AvgIpc) is 2.79. The summed E-state index contributed by atoms with van der Waals surface area (Å²) >= 11 is 1.53. The van der Waals surface area contributed by atoms with Crippen LogP contribution in [0.2, 0.25) is 0 Å². The molecule has 1 amide bonds. The van der Waals surface area contributed by atoms with Gasteiger partial charge in [-0.1, -0.05) is 6.92 Å². The number of aryl methyl sites for hydroxylation is 1. The summed E-state index contributed by atoms with van der Waals surface area (Å²) in [5.41, 5.74) is 1.52. The Balaban J connectivity index is 2.25. The van der Waals surface area contributed by atoms with Crippen molar-refractivity contribution in [2.75, 3.05) is 6.54 Å². The highest BCUT2D eigenvalue weighted by atomic mass is 32.1. The molecule has 4 nitrogen and oxygen atoms in total. The number of rotatable bonds is 4. The molecule has 0 aliphatic rings. The summed E-state index contributed by atoms with van der Waals surface area (Å²) in [5, 5.41) is 3.71. The van der Waals surface area contributed by atoms with Gasteiger partial charge in [-0.05, 0) is 25.5 Å². The molecule has 0 aromatic carbocycles. The molecule has 18 heavy (non-hydrogen) atoms. The second kappa shape index (κ2) is 5.73. The number of pyridine rings is 1. The van der Waals surface area contributed by atoms with E-state index in [1.807, 2.05) is 26.0 Å². The highest BCUT2D eigenvalue weighted by Gasteiger charge is 2.15. The van der Waals surface area contributed by atoms with E-state index in [1.165, 1.54) is 11.3 Å². The van der Waals surface area contributed by atoms with Gasteiger partial charge in [0.05, 0.1) is 0 Å². The number of amides is 1. The molecule has 2 rings (SSSR count). The van der Waals surface area contributed by atoms with Crippen LogP contribution in [0.5, 0.6) is 0 Å². The predicted octanol–water partition coefficient (Wildman–Crippen LogP) is 2.65. The molecule has 0 saturated heterocycles. The van der Waals surface area contributed by atoms with Gasteiger partial charge >= 0.3 is 0 Å². The average molecular weight is 261 g/mol. The minimum atomic E-state index is -0.0918. The van der Waals surface area contributed by atoms with Crippen molar-refractivity contribution in [2.45, 2.75) is 20.3 Å². The van der Waals surface area contributed by atoms with E-state index in [2.05, 4.69) is 15.3 Å². The first kappa shape index (κ1) is 12.7. The molecule has 0 unspecified atom stereocenters. The standard InChI is InChI=1S/C13H15N3OS/c1-3-6-15-12(17)11-9(2)18-13(16-11)10-4-7-14-8-5-10/h4-5,7-8H,3,6H2,1-2H3,(H,15,17). The molecular weight excluding hydrogens is 246 g/mol. The number of nitrogens with one attached hydrogen (secondary N) is 1. The first-order valence-corrected chi connectivity index (χ1v) is 6.70. The SMILES string of the molecule is CCCNC(=O)c1nc(-c2ccncc2)sc1C. The van der Waals surface area contributed by atoms with Crippen LogP contribution in [0.4, 0.5) is 0 Å². The van der Waals surface area contributed by atoms with Crippen molar-refractivity contribution in [3.63, 3.8) is 0 Å². The van der Waals surface area contributed by atoms with Gasteiger partial charge in [-0.3, -0.25) is 9.78 Å². The van der Waals surface area contributed by atoms with E-state index in [0.717, 1.165) is 21.9 Å². The van der Waals surface area contributed by atoms with Gasteiger partial charge < -0.3 is 5.32 Å². The highest BCUT2D eigenvalue weighted by molar-refractivity contribution is 7.15. The lowest BCUT2D eigenvalue weighted by Gasteiger charge is -2.00. The number of carbonyl (C=O) groups is 1. The van der Waals surface area contributed by atoms with Gasteiger partial charge in [-0.2, -0.15) is 0 Å². The number of thiazole rings is 1. The van der Waals surface area contributed by atoms with E-state index in [4.69, 9.17) is 0 Å². The van der Waals surface area contributed by atoms with Crippen molar-refractivity contribution >= 4 is 17.2 Å². The van der Waals surface area contributed by atoms with Gasteiger partial charge in [0.2, 0.25) is 0 Å². The normalized spacial score (nSPS) is 10.3. The minimum absolute atomic E-state index is 0.0918. The van der Waals surface area contributed by atoms with E-state index in [-0.39, 0.29) is 5.91 Å². The lowest BCUT2D eigenvalue weighted by atomic mass is 10.3. The first-order valence-electron chi connectivity index (χ1n) is 5.88. The van der Waals surface area contributed by atoms with Gasteiger partial charge in [-0.15, -0.1) is 11.3 Å². The fourth-order valence-electron chi connectivity index (χ4n) is 1.55. The molecule has 0 spiro atoms. The summed E-state index contributed by atoms with van der Waals surface area (Å²) in [6.45, 7) is 4.63. The van der Waals surface area contributed by atoms with Gasteiger partial charge in [0, 0.05) is 29.4 Å². The van der Waals surface area contributed by atoms with Crippen LogP contribution in [0.15, 0.2) is 24.5 Å². The molecule has 0 fully saturated rings. The van der Waals surface area contributed by atoms with Gasteiger partial charge in [0.1, 0.15) is 10.7 Å². The minimum Gasteiger partial charge on any atom is -0.351 e. The van der Waals surface area contributed by atoms with E-state index < -0.39 is 0 Å². The molecule has 0 saturated carbocycles. The van der Waals surface area contributed by atoms with Gasteiger partial charge in [0.25, 0.3) is 5.91 Å². The maximum absolute atomic E-state index is 11.9. The molecule has 0 bridgehead atoms. The number of carbonyl (C=O) groups excluding carboxylic acids is 1. The quantitative estimate of drug-likeness (QED) is 0.920. The Morgan fingerprint density at radius 2 is 2.11 bits per heavy atom. The van der Waals surface area contributed by atoms with Crippen molar-refractivity contribution in [1.82, 2.24) is 15.3 Å². The monoisotopic (exact) mass is 261 g/mol. The predicted molar refractivity (Wildman–Crippen MR) is 72.7 cm³/mol. The van der Waals surface area contributed by atoms with Crippen LogP contribution in [0, 0.1) is 6.92 Å². The van der Waals surface area contributed by atoms with Crippen molar-refractivity contribution in [1.29, 1.82) is 0 Å². The number of nitrogens with zero attached hydrogens (tertiary/aromatic N) is 2. The summed E-state index contributed by atoms with van der Waals surface area (Å²) in [6, 6.07) is 3.79. The van der Waals surface area contributed by atoms with Crippen molar-refractivity contribution in [3.05, 3.63) is 35.1 Å². The molecular formula is C13H15N3OS. The second-order valence-corrected chi connectivity index (χ2v) is 5.12. The summed E-state index contributed by atoms with van der Waals surface area (Å²) < 4.78 is 0. The second-order valence-electron chi connectivity index (χ2n) is 3.92. The van der Waals surface area contributed by atoms with Crippen molar-refractivity contribution in [3.8, 4) is 10.6 Å². The Kier molecular flexibility index (Phi) is 4.04. The molecule has 2 aromatic rings. The highest BCUT2D eigenvalue weighted by Crippen LogP contribution is 2.26. The van der Waals surface area contributed by atoms with Crippen LogP contribution in [-0.2, 0) is 0 Å². The van der Waals surface area contributed by atoms with Crippen LogP contribution in [-0.4, -0.2) is 22.4 Å². The third-order valence-corrected chi connectivity index (χ3v) is 3.49. The van der Waals surface area contributed by atoms with E-state index in [9.17, 15) is 4.79 Å². The summed E-state index contributed by atoms with van der Waals surface area (Å²) in [4.78, 5) is 21.2. The Morgan fingerprint density at radius 3 is 2.78 bits per heavy atom. The first-order chi connectivity index (χ1) is 8.72. The molecule has 2 heterocycles. The van der Waals surface area contributed by atoms with Crippen molar-refractivity contribution < 1.29 is 4.79 Å². The smallest absolute Gasteiger partial charge is 0.271 e. The van der Waals surface area contributed by atoms with E-state index in [1.54, 1.807) is 12.4 Å². The summed E-state index contributed by atoms with van der Waals surface area (Å²) in [6.07, 6.45) is 4.37. The summed E-state index contributed by atoms with van der Waals surface area (Å²) in [5.74, 6) is -0.0918. The van der Waals surface area contributed by atoms with Gasteiger partial charge in [-0.25, -0.2) is 4.98 Å². The lowest BCUT2D eigenvalue weighted by molar-refractivity contribution is 0.0949. The van der Waals surface area contributed by atoms with Crippen LogP contribution in [0.1, 0.15) is 28.7 Å². The van der Waals surface area contributed by atoms with Crippen molar-refractivity contribution in [2.24, 2.45) is 0 Å². The fraction of sp³-hybridized carbons (Fsp3) is 0.308. The van der Waals surface area contributed by atoms with E-state index >= 15 is 0 Å². The number of hydrogen-bond donors (Lipinski definition) is 1. The van der Waals surface area contributed by atoms with Gasteiger partial charge in [0.15, 0.2) is 0 Å². The van der Waals surface area contributed by atoms with Crippen LogP contribution in [0.25, 0.3) is 10.6 Å². The molecule has 0 atom stereocenters. The maximum atomic E-state index is 11.9. The Hall–Kier alpha value is -1.75. The largest absolute Gasteiger partial charge is 0.351 e. The zero-order valence-electron chi connectivity index (χ0n) is 10.4. The lowest BCUT2D eigenvalue weighted by Crippen LogP contribution is -2.24. The third kappa shape index (κ3) is 2.73. The Bertz CT molecular complexity index is 536. The van der Waals surface area contributed by atoms with Crippen LogP contribution in [0.3, 0.4) is 0 Å². The van der Waals surface area contributed by atoms with Crippen LogP contribution >= 0.6 is 11.3 Å². The molecule has 1 N–H and O–H groups in total. The topological polar surface area (TPSA) is 54.9 Å². The summed E-state index contributed by atoms with van der Waals surface area (Å²) in [7, 11) is 0. The molecule has 5 heteroatoms. The molecule has 94 valence electrons. The van der Waals surface area contributed by atoms with E-state index in [0.29, 0.717) is 12.2 Å². The zero-order chi connectivity index (χ0) is 13.0. The number of hydrogen-bond acceptors (Lipinski definition) is 4. The Labute approximate surface area is 110 Å². The third-order valence-electron chi connectivity index (χ3n) is 2.47. The fourth-order valence-corrected chi connectivity index (χ4v) is 2.46. The zero-order valence-corrected chi connectivity index (χ0v) is 11.3. The molecule has 0 aliphatic heterocycles.